The number of benzene rings is 2. The fourth-order valence-corrected chi connectivity index (χ4v) is 5.75. The fraction of sp³-hybridized carbons (Fsp3) is 0.227. The molecule has 1 aromatic heterocycles. The molecule has 0 aliphatic heterocycles. The summed E-state index contributed by atoms with van der Waals surface area (Å²) in [6.07, 6.45) is 0.389. The van der Waals surface area contributed by atoms with Gasteiger partial charge in [0, 0.05) is 21.9 Å². The van der Waals surface area contributed by atoms with Crippen LogP contribution in [0.25, 0.3) is 21.6 Å². The van der Waals surface area contributed by atoms with Crippen molar-refractivity contribution in [2.75, 3.05) is 0 Å². The van der Waals surface area contributed by atoms with Crippen molar-refractivity contribution in [3.05, 3.63) is 63.0 Å². The second-order valence-electron chi connectivity index (χ2n) is 6.95. The van der Waals surface area contributed by atoms with Crippen LogP contribution in [-0.4, -0.2) is 14.2 Å². The zero-order valence-electron chi connectivity index (χ0n) is 16.7. The number of nitrogens with two attached hydrogens (primary N) is 1. The highest BCUT2D eigenvalue weighted by Gasteiger charge is 2.24. The van der Waals surface area contributed by atoms with Gasteiger partial charge in [-0.2, -0.15) is 0 Å². The lowest BCUT2D eigenvalue weighted by atomic mass is 9.92. The van der Waals surface area contributed by atoms with E-state index in [4.69, 9.17) is 16.7 Å². The lowest BCUT2D eigenvalue weighted by Gasteiger charge is -2.14. The molecule has 1 heterocycles. The normalized spacial score (nSPS) is 11.7. The van der Waals surface area contributed by atoms with E-state index in [1.165, 1.54) is 17.4 Å². The van der Waals surface area contributed by atoms with Gasteiger partial charge in [-0.05, 0) is 66.8 Å². The van der Waals surface area contributed by atoms with Crippen LogP contribution in [0.3, 0.4) is 0 Å². The lowest BCUT2D eigenvalue weighted by molar-refractivity contribution is 0.0992. The smallest absolute Gasteiger partial charge is 0.238 e. The van der Waals surface area contributed by atoms with Crippen molar-refractivity contribution < 1.29 is 13.2 Å². The highest BCUT2D eigenvalue weighted by Crippen LogP contribution is 2.44. The Bertz CT molecular complexity index is 1210. The first-order valence-corrected chi connectivity index (χ1v) is 11.9. The summed E-state index contributed by atoms with van der Waals surface area (Å²) in [5.41, 5.74) is 5.07. The van der Waals surface area contributed by atoms with Gasteiger partial charge < -0.3 is 0 Å². The summed E-state index contributed by atoms with van der Waals surface area (Å²) in [7, 11) is -3.81. The molecule has 0 atom stereocenters. The van der Waals surface area contributed by atoms with Crippen LogP contribution in [0.1, 0.15) is 39.7 Å². The van der Waals surface area contributed by atoms with Gasteiger partial charge >= 0.3 is 0 Å². The third kappa shape index (κ3) is 4.03. The van der Waals surface area contributed by atoms with Gasteiger partial charge in [-0.15, -0.1) is 11.3 Å². The Balaban J connectivity index is 2.31. The highest BCUT2D eigenvalue weighted by molar-refractivity contribution is 7.89. The number of sulfonamides is 1. The monoisotopic (exact) mass is 447 g/mol. The Morgan fingerprint density at radius 3 is 2.17 bits per heavy atom. The molecule has 0 aliphatic carbocycles. The van der Waals surface area contributed by atoms with Gasteiger partial charge in [-0.3, -0.25) is 4.79 Å². The number of Topliss-reactive ketones (excluding diaryl/α,β-unsaturated/α-hetero) is 1. The van der Waals surface area contributed by atoms with Crippen molar-refractivity contribution in [2.24, 2.45) is 5.14 Å². The van der Waals surface area contributed by atoms with Crippen LogP contribution in [-0.2, 0) is 10.0 Å². The molecule has 29 heavy (non-hydrogen) atoms. The van der Waals surface area contributed by atoms with Gasteiger partial charge in [0.2, 0.25) is 10.0 Å². The minimum absolute atomic E-state index is 0.0564. The molecule has 0 bridgehead atoms. The second kappa shape index (κ2) is 8.03. The first-order chi connectivity index (χ1) is 13.6. The largest absolute Gasteiger partial charge is 0.293 e. The van der Waals surface area contributed by atoms with Crippen molar-refractivity contribution in [2.45, 2.75) is 39.0 Å². The quantitative estimate of drug-likeness (QED) is 0.494. The third-order valence-corrected chi connectivity index (χ3v) is 7.83. The molecular weight excluding hydrogens is 426 g/mol. The zero-order valence-corrected chi connectivity index (χ0v) is 19.1. The highest BCUT2D eigenvalue weighted by atomic mass is 35.5. The van der Waals surface area contributed by atoms with E-state index in [9.17, 15) is 13.2 Å². The van der Waals surface area contributed by atoms with Crippen LogP contribution < -0.4 is 5.14 Å². The van der Waals surface area contributed by atoms with Gasteiger partial charge in [-0.1, -0.05) is 36.7 Å². The Labute approximate surface area is 180 Å². The van der Waals surface area contributed by atoms with Crippen LogP contribution in [0.5, 0.6) is 0 Å². The molecular formula is C22H22ClNO3S2. The number of primary sulfonamides is 1. The number of halogens is 1. The molecule has 0 saturated carbocycles. The number of ketones is 1. The number of hydrogen-bond acceptors (Lipinski definition) is 4. The molecule has 0 aliphatic rings. The van der Waals surface area contributed by atoms with Crippen molar-refractivity contribution in [1.29, 1.82) is 0 Å². The maximum atomic E-state index is 12.8. The van der Waals surface area contributed by atoms with Crippen molar-refractivity contribution >= 4 is 38.7 Å². The molecule has 152 valence electrons. The predicted octanol–water partition coefficient (Wildman–Crippen LogP) is 5.90. The van der Waals surface area contributed by atoms with E-state index in [1.807, 2.05) is 45.0 Å². The summed E-state index contributed by atoms with van der Waals surface area (Å²) >= 11 is 7.49. The van der Waals surface area contributed by atoms with E-state index in [0.717, 1.165) is 32.7 Å². The number of carbonyl (C=O) groups is 1. The van der Waals surface area contributed by atoms with Crippen LogP contribution in [0.4, 0.5) is 0 Å². The average molecular weight is 448 g/mol. The fourth-order valence-electron chi connectivity index (χ4n) is 3.45. The first kappa shape index (κ1) is 21.7. The standard InChI is InChI=1S/C22H22ClNO3S2/c1-5-18(25)22-20(14(4)21(28-22)15-6-8-16(23)9-7-15)17-10-11-19(29(24,26)27)13(3)12(17)2/h6-11H,5H2,1-4H3,(H2,24,26,27). The van der Waals surface area contributed by atoms with Crippen molar-refractivity contribution in [3.63, 3.8) is 0 Å². The maximum absolute atomic E-state index is 12.8. The molecule has 7 heteroatoms. The Kier molecular flexibility index (Phi) is 6.01. The van der Waals surface area contributed by atoms with E-state index >= 15 is 0 Å². The Hall–Kier alpha value is -1.99. The molecule has 0 amide bonds. The molecule has 0 radical (unpaired) electrons. The van der Waals surface area contributed by atoms with E-state index in [0.29, 0.717) is 21.9 Å². The predicted molar refractivity (Wildman–Crippen MR) is 120 cm³/mol. The van der Waals surface area contributed by atoms with Crippen molar-refractivity contribution in [3.8, 4) is 21.6 Å². The molecule has 2 N–H and O–H groups in total. The van der Waals surface area contributed by atoms with Crippen LogP contribution in [0.2, 0.25) is 5.02 Å². The molecule has 3 rings (SSSR count). The lowest BCUT2D eigenvalue weighted by Crippen LogP contribution is -2.14. The summed E-state index contributed by atoms with van der Waals surface area (Å²) in [5, 5.41) is 6.00. The zero-order chi connectivity index (χ0) is 21.5. The van der Waals surface area contributed by atoms with Gasteiger partial charge in [0.15, 0.2) is 5.78 Å². The van der Waals surface area contributed by atoms with Gasteiger partial charge in [0.05, 0.1) is 9.77 Å². The topological polar surface area (TPSA) is 77.2 Å². The summed E-state index contributed by atoms with van der Waals surface area (Å²) < 4.78 is 23.7. The summed E-state index contributed by atoms with van der Waals surface area (Å²) in [6.45, 7) is 7.43. The Morgan fingerprint density at radius 1 is 1.00 bits per heavy atom. The second-order valence-corrected chi connectivity index (χ2v) is 9.94. The molecule has 4 nitrogen and oxygen atoms in total. The summed E-state index contributed by atoms with van der Waals surface area (Å²) in [6, 6.07) is 10.8. The van der Waals surface area contributed by atoms with Crippen molar-refractivity contribution in [1.82, 2.24) is 0 Å². The number of hydrogen-bond donors (Lipinski definition) is 1. The molecule has 0 unspecified atom stereocenters. The third-order valence-electron chi connectivity index (χ3n) is 5.14. The van der Waals surface area contributed by atoms with Crippen LogP contribution in [0, 0.1) is 20.8 Å². The number of rotatable bonds is 5. The van der Waals surface area contributed by atoms with E-state index < -0.39 is 10.0 Å². The molecule has 0 saturated heterocycles. The van der Waals surface area contributed by atoms with Gasteiger partial charge in [-0.25, -0.2) is 13.6 Å². The Morgan fingerprint density at radius 2 is 1.62 bits per heavy atom. The maximum Gasteiger partial charge on any atom is 0.238 e. The van der Waals surface area contributed by atoms with Crippen LogP contribution >= 0.6 is 22.9 Å². The average Bonchev–Trinajstić information content (AvgIpc) is 3.00. The molecule has 0 fully saturated rings. The molecule has 2 aromatic carbocycles. The van der Waals surface area contributed by atoms with E-state index in [2.05, 4.69) is 0 Å². The molecule has 0 spiro atoms. The first-order valence-electron chi connectivity index (χ1n) is 9.12. The number of carbonyl (C=O) groups excluding carboxylic acids is 1. The van der Waals surface area contributed by atoms with E-state index in [-0.39, 0.29) is 10.7 Å². The van der Waals surface area contributed by atoms with Gasteiger partial charge in [0.1, 0.15) is 0 Å². The molecule has 3 aromatic rings. The minimum atomic E-state index is -3.81. The van der Waals surface area contributed by atoms with E-state index in [1.54, 1.807) is 13.0 Å². The summed E-state index contributed by atoms with van der Waals surface area (Å²) in [4.78, 5) is 14.5. The minimum Gasteiger partial charge on any atom is -0.293 e. The van der Waals surface area contributed by atoms with Crippen LogP contribution in [0.15, 0.2) is 41.3 Å². The summed E-state index contributed by atoms with van der Waals surface area (Å²) in [5.74, 6) is 0.0564. The SMILES string of the molecule is CCC(=O)c1sc(-c2ccc(Cl)cc2)c(C)c1-c1ccc(S(N)(=O)=O)c(C)c1C. The number of thiophene rings is 1. The van der Waals surface area contributed by atoms with Gasteiger partial charge in [0.25, 0.3) is 0 Å².